The minimum Gasteiger partial charge on any atom is -0.465 e. The molecule has 0 saturated carbocycles. The molecule has 2 atom stereocenters. The van der Waals surface area contributed by atoms with Crippen LogP contribution >= 0.6 is 0 Å². The van der Waals surface area contributed by atoms with Crippen LogP contribution in [0.2, 0.25) is 0 Å². The van der Waals surface area contributed by atoms with Gasteiger partial charge < -0.3 is 20.4 Å². The molecule has 2 unspecified atom stereocenters. The molecule has 0 bridgehead atoms. The van der Waals surface area contributed by atoms with E-state index in [1.165, 1.54) is 4.68 Å². The van der Waals surface area contributed by atoms with Gasteiger partial charge in [0.15, 0.2) is 0 Å². The van der Waals surface area contributed by atoms with Gasteiger partial charge in [-0.1, -0.05) is 0 Å². The van der Waals surface area contributed by atoms with Crippen molar-refractivity contribution in [3.8, 4) is 0 Å². The molecule has 12 heteroatoms. The minimum atomic E-state index is -2.79. The summed E-state index contributed by atoms with van der Waals surface area (Å²) in [5, 5.41) is 37.2. The fourth-order valence-electron chi connectivity index (χ4n) is 3.29. The van der Waals surface area contributed by atoms with Gasteiger partial charge in [0.1, 0.15) is 5.69 Å². The van der Waals surface area contributed by atoms with E-state index in [2.05, 4.69) is 10.4 Å². The molecular formula is C16H25F2N5O5. The fourth-order valence-corrected chi connectivity index (χ4v) is 3.29. The summed E-state index contributed by atoms with van der Waals surface area (Å²) in [5.74, 6) is 0.0938. The lowest BCUT2D eigenvalue weighted by Crippen LogP contribution is -2.42. The summed E-state index contributed by atoms with van der Waals surface area (Å²) in [6.45, 7) is 5.64. The molecule has 0 radical (unpaired) electrons. The third-order valence-corrected chi connectivity index (χ3v) is 4.55. The number of carboxylic acid groups (broad SMARTS) is 1. The zero-order valence-corrected chi connectivity index (χ0v) is 15.9. The molecule has 1 aliphatic heterocycles. The number of anilines is 1. The number of nitrogens with one attached hydrogen (secondary N) is 1. The highest BCUT2D eigenvalue weighted by atomic mass is 19.3. The first-order valence-electron chi connectivity index (χ1n) is 8.89. The second-order valence-corrected chi connectivity index (χ2v) is 7.74. The molecule has 10 nitrogen and oxygen atoms in total. The summed E-state index contributed by atoms with van der Waals surface area (Å²) in [6.07, 6.45) is -5.52. The van der Waals surface area contributed by atoms with E-state index in [0.717, 1.165) is 0 Å². The van der Waals surface area contributed by atoms with E-state index in [1.54, 1.807) is 25.7 Å². The predicted octanol–water partition coefficient (Wildman–Crippen LogP) is 1.95. The molecule has 0 spiro atoms. The summed E-state index contributed by atoms with van der Waals surface area (Å²) >= 11 is 0. The Bertz CT molecular complexity index is 734. The monoisotopic (exact) mass is 405 g/mol. The fraction of sp³-hybridized carbons (Fsp3) is 0.750. The number of hydrogen-bond acceptors (Lipinski definition) is 6. The van der Waals surface area contributed by atoms with Crippen LogP contribution in [0.4, 0.5) is 25.1 Å². The van der Waals surface area contributed by atoms with Gasteiger partial charge in [-0.25, -0.2) is 18.3 Å². The highest BCUT2D eigenvalue weighted by molar-refractivity contribution is 5.65. The van der Waals surface area contributed by atoms with Crippen LogP contribution in [0.3, 0.4) is 0 Å². The summed E-state index contributed by atoms with van der Waals surface area (Å²) in [5.41, 5.74) is -1.49. The van der Waals surface area contributed by atoms with E-state index in [1.807, 2.05) is 0 Å². The lowest BCUT2D eigenvalue weighted by molar-refractivity contribution is -0.385. The van der Waals surface area contributed by atoms with Gasteiger partial charge in [-0.15, -0.1) is 0 Å². The van der Waals surface area contributed by atoms with Crippen molar-refractivity contribution >= 4 is 17.6 Å². The second-order valence-electron chi connectivity index (χ2n) is 7.74. The number of carbonyl (C=O) groups is 1. The number of hydrogen-bond donors (Lipinski definition) is 3. The number of nitro groups is 1. The van der Waals surface area contributed by atoms with Crippen LogP contribution in [-0.4, -0.2) is 62.7 Å². The van der Waals surface area contributed by atoms with Crippen LogP contribution in [0.25, 0.3) is 0 Å². The van der Waals surface area contributed by atoms with Gasteiger partial charge in [-0.3, -0.25) is 10.1 Å². The quantitative estimate of drug-likeness (QED) is 0.503. The first-order chi connectivity index (χ1) is 12.9. The summed E-state index contributed by atoms with van der Waals surface area (Å²) < 4.78 is 27.3. The Morgan fingerprint density at radius 2 is 2.00 bits per heavy atom. The zero-order chi connectivity index (χ0) is 21.2. The van der Waals surface area contributed by atoms with Gasteiger partial charge in [-0.05, 0) is 33.6 Å². The molecule has 1 amide bonds. The van der Waals surface area contributed by atoms with Gasteiger partial charge in [0.2, 0.25) is 12.2 Å². The van der Waals surface area contributed by atoms with E-state index < -0.39 is 47.2 Å². The van der Waals surface area contributed by atoms with Crippen LogP contribution in [-0.2, 0) is 12.0 Å². The normalized spacial score (nSPS) is 20.9. The maximum absolute atomic E-state index is 13.0. The van der Waals surface area contributed by atoms with Crippen LogP contribution < -0.4 is 10.2 Å². The Morgan fingerprint density at radius 1 is 1.39 bits per heavy atom. The van der Waals surface area contributed by atoms with Gasteiger partial charge >= 0.3 is 11.8 Å². The van der Waals surface area contributed by atoms with Crippen LogP contribution in [0, 0.1) is 10.1 Å². The summed E-state index contributed by atoms with van der Waals surface area (Å²) in [6, 6.07) is -0.729. The molecule has 3 N–H and O–H groups in total. The van der Waals surface area contributed by atoms with E-state index in [-0.39, 0.29) is 37.4 Å². The van der Waals surface area contributed by atoms with Gasteiger partial charge in [0, 0.05) is 13.1 Å². The zero-order valence-electron chi connectivity index (χ0n) is 15.9. The van der Waals surface area contributed by atoms with Crippen molar-refractivity contribution in [1.29, 1.82) is 0 Å². The van der Waals surface area contributed by atoms with Crippen LogP contribution in [0.5, 0.6) is 0 Å². The van der Waals surface area contributed by atoms with Crippen molar-refractivity contribution in [1.82, 2.24) is 15.1 Å². The molecule has 28 heavy (non-hydrogen) atoms. The molecule has 0 aliphatic carbocycles. The number of rotatable bonds is 5. The number of halogens is 2. The predicted molar refractivity (Wildman–Crippen MR) is 96.0 cm³/mol. The van der Waals surface area contributed by atoms with Gasteiger partial charge in [0.05, 0.1) is 29.0 Å². The van der Waals surface area contributed by atoms with Gasteiger partial charge in [-0.2, -0.15) is 5.10 Å². The van der Waals surface area contributed by atoms with E-state index in [9.17, 15) is 28.8 Å². The third kappa shape index (κ3) is 4.86. The maximum Gasteiger partial charge on any atom is 0.404 e. The Hall–Kier alpha value is -2.50. The molecule has 1 aromatic heterocycles. The Morgan fingerprint density at radius 3 is 2.50 bits per heavy atom. The SMILES string of the molecule is CC(C)(C)n1nc(CC(F)F)c([N+](=O)[O-])c1N1CCC(O)C(NC(=O)O)CC1. The number of aliphatic hydroxyl groups excluding tert-OH is 1. The van der Waals surface area contributed by atoms with Gasteiger partial charge in [0.25, 0.3) is 0 Å². The van der Waals surface area contributed by atoms with Crippen molar-refractivity contribution in [2.75, 3.05) is 18.0 Å². The number of alkyl halides is 2. The number of aromatic nitrogens is 2. The Labute approximate surface area is 160 Å². The van der Waals surface area contributed by atoms with Crippen LogP contribution in [0.15, 0.2) is 0 Å². The summed E-state index contributed by atoms with van der Waals surface area (Å²) in [7, 11) is 0. The standard InChI is InChI=1S/C16H25F2N5O5/c1-16(2,3)22-14(13(23(27)28)10(20-22)8-12(17)18)21-6-4-9(19-15(25)26)11(24)5-7-21/h9,11-12,19,24H,4-8H2,1-3H3,(H,25,26). The van der Waals surface area contributed by atoms with Crippen molar-refractivity contribution in [2.24, 2.45) is 0 Å². The van der Waals surface area contributed by atoms with Crippen molar-refractivity contribution in [3.05, 3.63) is 15.8 Å². The average molecular weight is 405 g/mol. The van der Waals surface area contributed by atoms with E-state index in [0.29, 0.717) is 0 Å². The Kier molecular flexibility index (Phi) is 6.42. The highest BCUT2D eigenvalue weighted by Crippen LogP contribution is 2.37. The summed E-state index contributed by atoms with van der Waals surface area (Å²) in [4.78, 5) is 23.5. The Balaban J connectivity index is 2.49. The molecule has 1 saturated heterocycles. The highest BCUT2D eigenvalue weighted by Gasteiger charge is 2.38. The largest absolute Gasteiger partial charge is 0.465 e. The smallest absolute Gasteiger partial charge is 0.404 e. The van der Waals surface area contributed by atoms with E-state index >= 15 is 0 Å². The molecule has 1 aliphatic rings. The number of aliphatic hydroxyl groups is 1. The third-order valence-electron chi connectivity index (χ3n) is 4.55. The first kappa shape index (κ1) is 21.8. The maximum atomic E-state index is 13.0. The molecule has 158 valence electrons. The second kappa shape index (κ2) is 8.25. The topological polar surface area (TPSA) is 134 Å². The average Bonchev–Trinajstić information content (AvgIpc) is 2.82. The lowest BCUT2D eigenvalue weighted by Gasteiger charge is -2.28. The van der Waals surface area contributed by atoms with Crippen molar-refractivity contribution < 1.29 is 28.7 Å². The molecule has 0 aromatic carbocycles. The number of amides is 1. The molecule has 2 heterocycles. The molecule has 1 aromatic rings. The van der Waals surface area contributed by atoms with Crippen molar-refractivity contribution in [3.63, 3.8) is 0 Å². The minimum absolute atomic E-state index is 0.0938. The van der Waals surface area contributed by atoms with Crippen molar-refractivity contribution in [2.45, 2.75) is 64.1 Å². The molecule has 1 fully saturated rings. The van der Waals surface area contributed by atoms with Crippen LogP contribution in [0.1, 0.15) is 39.3 Å². The molecule has 2 rings (SSSR count). The lowest BCUT2D eigenvalue weighted by atomic mass is 10.1. The first-order valence-corrected chi connectivity index (χ1v) is 8.89. The van der Waals surface area contributed by atoms with E-state index in [4.69, 9.17) is 5.11 Å². The number of nitrogens with zero attached hydrogens (tertiary/aromatic N) is 4. The molecular weight excluding hydrogens is 380 g/mol.